The highest BCUT2D eigenvalue weighted by Gasteiger charge is 2.46. The van der Waals surface area contributed by atoms with Crippen LogP contribution in [-0.4, -0.2) is 38.2 Å². The summed E-state index contributed by atoms with van der Waals surface area (Å²) in [5, 5.41) is 22.5. The third-order valence-electron chi connectivity index (χ3n) is 6.25. The Labute approximate surface area is 214 Å². The Morgan fingerprint density at radius 3 is 2.54 bits per heavy atom. The number of nitrogens with zero attached hydrogens (tertiary/aromatic N) is 3. The van der Waals surface area contributed by atoms with Gasteiger partial charge in [-0.25, -0.2) is 0 Å². The molecule has 9 heteroatoms. The SMILES string of the molecule is CCCCOc1ccc(/C(O)=C2\C(=O)C(=O)N(Cc3cccnc3)C2c2ccc([N+](=O)[O-])cc2)c(C)c1. The summed E-state index contributed by atoms with van der Waals surface area (Å²) in [5.41, 5.74) is 2.03. The van der Waals surface area contributed by atoms with Crippen LogP contribution in [0.5, 0.6) is 5.75 Å². The molecule has 3 aromatic rings. The molecule has 4 rings (SSSR count). The fourth-order valence-electron chi connectivity index (χ4n) is 4.33. The number of hydrogen-bond acceptors (Lipinski definition) is 7. The van der Waals surface area contributed by atoms with Crippen molar-refractivity contribution in [2.75, 3.05) is 6.61 Å². The van der Waals surface area contributed by atoms with Crippen LogP contribution in [0.2, 0.25) is 0 Å². The monoisotopic (exact) mass is 501 g/mol. The summed E-state index contributed by atoms with van der Waals surface area (Å²) in [4.78, 5) is 42.5. The minimum Gasteiger partial charge on any atom is -0.507 e. The number of carbonyl (C=O) groups is 2. The highest BCUT2D eigenvalue weighted by molar-refractivity contribution is 6.46. The van der Waals surface area contributed by atoms with Crippen molar-refractivity contribution in [3.05, 3.63) is 105 Å². The van der Waals surface area contributed by atoms with Crippen molar-refractivity contribution in [3.8, 4) is 5.75 Å². The predicted octanol–water partition coefficient (Wildman–Crippen LogP) is 5.10. The van der Waals surface area contributed by atoms with Crippen molar-refractivity contribution in [1.82, 2.24) is 9.88 Å². The third-order valence-corrected chi connectivity index (χ3v) is 6.25. The number of non-ortho nitro benzene ring substituents is 1. The molecule has 1 N–H and O–H groups in total. The van der Waals surface area contributed by atoms with E-state index in [2.05, 4.69) is 11.9 Å². The van der Waals surface area contributed by atoms with E-state index in [-0.39, 0.29) is 23.6 Å². The maximum absolute atomic E-state index is 13.3. The Kier molecular flexibility index (Phi) is 7.62. The second-order valence-corrected chi connectivity index (χ2v) is 8.82. The highest BCUT2D eigenvalue weighted by atomic mass is 16.6. The first-order valence-corrected chi connectivity index (χ1v) is 12.0. The molecule has 0 spiro atoms. The largest absolute Gasteiger partial charge is 0.507 e. The highest BCUT2D eigenvalue weighted by Crippen LogP contribution is 2.41. The van der Waals surface area contributed by atoms with Crippen molar-refractivity contribution in [2.24, 2.45) is 0 Å². The number of hydrogen-bond donors (Lipinski definition) is 1. The van der Waals surface area contributed by atoms with Gasteiger partial charge in [0.25, 0.3) is 17.4 Å². The van der Waals surface area contributed by atoms with E-state index < -0.39 is 22.7 Å². The summed E-state index contributed by atoms with van der Waals surface area (Å²) < 4.78 is 5.74. The molecular formula is C28H27N3O6. The lowest BCUT2D eigenvalue weighted by Crippen LogP contribution is -2.29. The number of Topliss-reactive ketones (excluding diaryl/α,β-unsaturated/α-hetero) is 1. The van der Waals surface area contributed by atoms with Gasteiger partial charge in [-0.15, -0.1) is 0 Å². The topological polar surface area (TPSA) is 123 Å². The van der Waals surface area contributed by atoms with Crippen LogP contribution in [0.3, 0.4) is 0 Å². The number of nitro benzene ring substituents is 1. The quantitative estimate of drug-likeness (QED) is 0.108. The molecule has 1 unspecified atom stereocenters. The molecule has 0 bridgehead atoms. The molecule has 1 aliphatic rings. The molecule has 1 aromatic heterocycles. The molecule has 1 fully saturated rings. The van der Waals surface area contributed by atoms with Crippen LogP contribution in [0, 0.1) is 17.0 Å². The molecule has 2 aromatic carbocycles. The molecule has 0 aliphatic carbocycles. The first-order valence-electron chi connectivity index (χ1n) is 12.0. The number of aryl methyl sites for hydroxylation is 1. The van der Waals surface area contributed by atoms with Gasteiger partial charge >= 0.3 is 0 Å². The van der Waals surface area contributed by atoms with E-state index in [1.54, 1.807) is 49.6 Å². The molecular weight excluding hydrogens is 474 g/mol. The van der Waals surface area contributed by atoms with Gasteiger partial charge in [-0.1, -0.05) is 19.4 Å². The van der Waals surface area contributed by atoms with Crippen LogP contribution in [-0.2, 0) is 16.1 Å². The summed E-state index contributed by atoms with van der Waals surface area (Å²) in [6.45, 7) is 4.50. The van der Waals surface area contributed by atoms with Crippen LogP contribution in [0.4, 0.5) is 5.69 Å². The zero-order valence-corrected chi connectivity index (χ0v) is 20.6. The minimum atomic E-state index is -0.944. The average Bonchev–Trinajstić information content (AvgIpc) is 3.14. The number of pyridine rings is 1. The lowest BCUT2D eigenvalue weighted by Gasteiger charge is -2.25. The van der Waals surface area contributed by atoms with Crippen LogP contribution in [0.15, 0.2) is 72.6 Å². The molecule has 190 valence electrons. The van der Waals surface area contributed by atoms with Gasteiger partial charge in [0.05, 0.1) is 23.1 Å². The second kappa shape index (κ2) is 11.0. The molecule has 1 aliphatic heterocycles. The Morgan fingerprint density at radius 1 is 1.16 bits per heavy atom. The second-order valence-electron chi connectivity index (χ2n) is 8.82. The van der Waals surface area contributed by atoms with Crippen molar-refractivity contribution in [1.29, 1.82) is 0 Å². The van der Waals surface area contributed by atoms with Gasteiger partial charge in [-0.2, -0.15) is 0 Å². The number of ether oxygens (including phenoxy) is 1. The lowest BCUT2D eigenvalue weighted by atomic mass is 9.93. The number of carbonyl (C=O) groups excluding carboxylic acids is 2. The standard InChI is InChI=1S/C28H27N3O6/c1-3-4-14-37-22-11-12-23(18(2)15-22)26(32)24-25(20-7-9-21(10-8-20)31(35)36)30(28(34)27(24)33)17-19-6-5-13-29-16-19/h5-13,15-16,25,32H,3-4,14,17H2,1-2H3/b26-24+. The molecule has 1 amide bonds. The summed E-state index contributed by atoms with van der Waals surface area (Å²) in [6, 6.07) is 13.3. The summed E-state index contributed by atoms with van der Waals surface area (Å²) >= 11 is 0. The van der Waals surface area contributed by atoms with Crippen molar-refractivity contribution >= 4 is 23.1 Å². The number of rotatable bonds is 9. The van der Waals surface area contributed by atoms with Gasteiger partial charge < -0.3 is 14.7 Å². The maximum atomic E-state index is 13.3. The number of likely N-dealkylation sites (tertiary alicyclic amines) is 1. The van der Waals surface area contributed by atoms with E-state index in [9.17, 15) is 24.8 Å². The molecule has 0 radical (unpaired) electrons. The Morgan fingerprint density at radius 2 is 1.92 bits per heavy atom. The minimum absolute atomic E-state index is 0.0695. The van der Waals surface area contributed by atoms with Gasteiger partial charge in [0.1, 0.15) is 11.5 Å². The zero-order chi connectivity index (χ0) is 26.5. The number of amides is 1. The molecule has 0 saturated carbocycles. The van der Waals surface area contributed by atoms with Gasteiger partial charge in [0.15, 0.2) is 0 Å². The normalized spacial score (nSPS) is 16.7. The van der Waals surface area contributed by atoms with E-state index in [1.165, 1.54) is 29.2 Å². The van der Waals surface area contributed by atoms with E-state index >= 15 is 0 Å². The number of aliphatic hydroxyl groups is 1. The number of ketones is 1. The van der Waals surface area contributed by atoms with Crippen LogP contribution in [0.25, 0.3) is 5.76 Å². The van der Waals surface area contributed by atoms with Crippen LogP contribution < -0.4 is 4.74 Å². The molecule has 2 heterocycles. The lowest BCUT2D eigenvalue weighted by molar-refractivity contribution is -0.384. The number of benzene rings is 2. The smallest absolute Gasteiger partial charge is 0.295 e. The Balaban J connectivity index is 1.79. The first-order chi connectivity index (χ1) is 17.8. The third kappa shape index (κ3) is 5.35. The fraction of sp³-hybridized carbons (Fsp3) is 0.250. The fourth-order valence-corrected chi connectivity index (χ4v) is 4.33. The van der Waals surface area contributed by atoms with Crippen molar-refractivity contribution < 1.29 is 24.4 Å². The van der Waals surface area contributed by atoms with E-state index in [0.29, 0.717) is 34.6 Å². The predicted molar refractivity (Wildman–Crippen MR) is 137 cm³/mol. The number of aromatic nitrogens is 1. The Bertz CT molecular complexity index is 1350. The molecule has 1 atom stereocenters. The Hall–Kier alpha value is -4.53. The van der Waals surface area contributed by atoms with Crippen molar-refractivity contribution in [3.63, 3.8) is 0 Å². The van der Waals surface area contributed by atoms with Crippen LogP contribution >= 0.6 is 0 Å². The van der Waals surface area contributed by atoms with Gasteiger partial charge in [-0.05, 0) is 66.4 Å². The number of nitro groups is 1. The average molecular weight is 502 g/mol. The van der Waals surface area contributed by atoms with Gasteiger partial charge in [0.2, 0.25) is 0 Å². The first kappa shape index (κ1) is 25.6. The zero-order valence-electron chi connectivity index (χ0n) is 20.6. The number of aliphatic hydroxyl groups excluding tert-OH is 1. The molecule has 1 saturated heterocycles. The van der Waals surface area contributed by atoms with E-state index in [4.69, 9.17) is 4.74 Å². The summed E-state index contributed by atoms with van der Waals surface area (Å²) in [5.74, 6) is -1.27. The van der Waals surface area contributed by atoms with Gasteiger partial charge in [-0.3, -0.25) is 24.7 Å². The number of unbranched alkanes of at least 4 members (excludes halogenated alkanes) is 1. The van der Waals surface area contributed by atoms with E-state index in [0.717, 1.165) is 12.8 Å². The summed E-state index contributed by atoms with van der Waals surface area (Å²) in [7, 11) is 0. The van der Waals surface area contributed by atoms with E-state index in [1.807, 2.05) is 0 Å². The molecule has 9 nitrogen and oxygen atoms in total. The summed E-state index contributed by atoms with van der Waals surface area (Å²) in [6.07, 6.45) is 5.10. The van der Waals surface area contributed by atoms with Gasteiger partial charge in [0, 0.05) is 36.6 Å². The van der Waals surface area contributed by atoms with Crippen molar-refractivity contribution in [2.45, 2.75) is 39.3 Å². The maximum Gasteiger partial charge on any atom is 0.295 e. The van der Waals surface area contributed by atoms with Crippen LogP contribution in [0.1, 0.15) is 48.1 Å². The molecule has 37 heavy (non-hydrogen) atoms.